The third kappa shape index (κ3) is 8.15. The van der Waals surface area contributed by atoms with Crippen molar-refractivity contribution in [2.75, 3.05) is 27.7 Å². The molecule has 0 bridgehead atoms. The monoisotopic (exact) mass is 548 g/mol. The zero-order chi connectivity index (χ0) is 20.6. The first-order chi connectivity index (χ1) is 13.3. The molecule has 1 atom stereocenters. The van der Waals surface area contributed by atoms with Gasteiger partial charge < -0.3 is 10.6 Å². The van der Waals surface area contributed by atoms with Gasteiger partial charge in [-0.2, -0.15) is 0 Å². The van der Waals surface area contributed by atoms with Crippen molar-refractivity contribution in [3.05, 3.63) is 60.2 Å². The van der Waals surface area contributed by atoms with Gasteiger partial charge >= 0.3 is 0 Å². The second kappa shape index (κ2) is 12.4. The molecule has 2 rings (SSSR count). The molecule has 1 unspecified atom stereocenters. The van der Waals surface area contributed by atoms with Crippen LogP contribution in [-0.2, 0) is 16.6 Å². The minimum atomic E-state index is -3.40. The Hall–Kier alpha value is -1.30. The minimum absolute atomic E-state index is 0. The SMILES string of the molecule is CN=C(NCc1ccc(S(=O)(=O)N(C)C)cc1)NCC(C)Sc1ccccc1.I. The number of rotatable bonds is 8. The van der Waals surface area contributed by atoms with E-state index in [-0.39, 0.29) is 28.9 Å². The molecule has 0 spiro atoms. The predicted molar refractivity (Wildman–Crippen MR) is 133 cm³/mol. The zero-order valence-corrected chi connectivity index (χ0v) is 21.1. The first kappa shape index (κ1) is 25.7. The molecule has 0 aliphatic rings. The average molecular weight is 549 g/mol. The highest BCUT2D eigenvalue weighted by atomic mass is 127. The Labute approximate surface area is 195 Å². The van der Waals surface area contributed by atoms with Crippen molar-refractivity contribution in [3.8, 4) is 0 Å². The van der Waals surface area contributed by atoms with Gasteiger partial charge in [0.1, 0.15) is 0 Å². The molecule has 160 valence electrons. The number of sulfonamides is 1. The summed E-state index contributed by atoms with van der Waals surface area (Å²) in [5.74, 6) is 0.713. The number of nitrogens with zero attached hydrogens (tertiary/aromatic N) is 2. The number of hydrogen-bond acceptors (Lipinski definition) is 4. The Morgan fingerprint density at radius 3 is 2.24 bits per heavy atom. The van der Waals surface area contributed by atoms with Crippen LogP contribution in [0.1, 0.15) is 12.5 Å². The van der Waals surface area contributed by atoms with Crippen LogP contribution in [0.25, 0.3) is 0 Å². The van der Waals surface area contributed by atoms with Crippen LogP contribution in [0.15, 0.2) is 69.4 Å². The van der Waals surface area contributed by atoms with Crippen molar-refractivity contribution in [2.24, 2.45) is 4.99 Å². The molecular weight excluding hydrogens is 519 g/mol. The van der Waals surface area contributed by atoms with Crippen molar-refractivity contribution in [3.63, 3.8) is 0 Å². The maximum Gasteiger partial charge on any atom is 0.242 e. The van der Waals surface area contributed by atoms with E-state index in [0.29, 0.717) is 17.8 Å². The Morgan fingerprint density at radius 1 is 1.07 bits per heavy atom. The van der Waals surface area contributed by atoms with E-state index in [1.54, 1.807) is 19.2 Å². The summed E-state index contributed by atoms with van der Waals surface area (Å²) < 4.78 is 25.4. The third-order valence-corrected chi connectivity index (χ3v) is 6.97. The predicted octanol–water partition coefficient (Wildman–Crippen LogP) is 3.40. The Balaban J connectivity index is 0.00000420. The second-order valence-electron chi connectivity index (χ2n) is 6.48. The standard InChI is InChI=1S/C20H28N4O2S2.HI/c1-16(27-18-8-6-5-7-9-18)14-22-20(21-2)23-15-17-10-12-19(13-11-17)28(25,26)24(3)4;/h5-13,16H,14-15H2,1-4H3,(H2,21,22,23);1H. The maximum absolute atomic E-state index is 12.1. The molecule has 0 aromatic heterocycles. The average Bonchev–Trinajstić information content (AvgIpc) is 2.69. The molecule has 2 aromatic rings. The van der Waals surface area contributed by atoms with Crippen molar-refractivity contribution in [1.29, 1.82) is 0 Å². The van der Waals surface area contributed by atoms with Crippen LogP contribution in [0.4, 0.5) is 0 Å². The van der Waals surface area contributed by atoms with E-state index in [2.05, 4.69) is 34.7 Å². The van der Waals surface area contributed by atoms with Crippen molar-refractivity contribution >= 4 is 51.7 Å². The van der Waals surface area contributed by atoms with Crippen LogP contribution >= 0.6 is 35.7 Å². The molecule has 0 saturated heterocycles. The quantitative estimate of drug-likeness (QED) is 0.229. The summed E-state index contributed by atoms with van der Waals surface area (Å²) in [4.78, 5) is 5.78. The van der Waals surface area contributed by atoms with Crippen LogP contribution in [0.5, 0.6) is 0 Å². The van der Waals surface area contributed by atoms with Gasteiger partial charge in [0, 0.05) is 44.4 Å². The van der Waals surface area contributed by atoms with Crippen molar-refractivity contribution in [1.82, 2.24) is 14.9 Å². The van der Waals surface area contributed by atoms with Gasteiger partial charge in [0.2, 0.25) is 10.0 Å². The normalized spacial score (nSPS) is 12.9. The second-order valence-corrected chi connectivity index (χ2v) is 10.1. The number of thioether (sulfide) groups is 1. The summed E-state index contributed by atoms with van der Waals surface area (Å²) in [6.07, 6.45) is 0. The summed E-state index contributed by atoms with van der Waals surface area (Å²) in [7, 11) is 1.38. The van der Waals surface area contributed by atoms with Gasteiger partial charge in [0.25, 0.3) is 0 Å². The molecule has 0 fully saturated rings. The summed E-state index contributed by atoms with van der Waals surface area (Å²) in [6, 6.07) is 17.2. The fourth-order valence-electron chi connectivity index (χ4n) is 2.41. The molecule has 9 heteroatoms. The highest BCUT2D eigenvalue weighted by molar-refractivity contribution is 14.0. The molecule has 0 radical (unpaired) electrons. The van der Waals surface area contributed by atoms with Gasteiger partial charge in [0.15, 0.2) is 5.96 Å². The lowest BCUT2D eigenvalue weighted by Crippen LogP contribution is -2.39. The van der Waals surface area contributed by atoms with Gasteiger partial charge in [0.05, 0.1) is 4.90 Å². The fraction of sp³-hybridized carbons (Fsp3) is 0.350. The van der Waals surface area contributed by atoms with Crippen molar-refractivity contribution in [2.45, 2.75) is 28.5 Å². The van der Waals surface area contributed by atoms with E-state index in [4.69, 9.17) is 0 Å². The van der Waals surface area contributed by atoms with E-state index in [0.717, 1.165) is 12.1 Å². The maximum atomic E-state index is 12.1. The largest absolute Gasteiger partial charge is 0.355 e. The minimum Gasteiger partial charge on any atom is -0.355 e. The Bertz CT molecular complexity index is 873. The first-order valence-corrected chi connectivity index (χ1v) is 11.3. The van der Waals surface area contributed by atoms with Gasteiger partial charge in [-0.05, 0) is 29.8 Å². The van der Waals surface area contributed by atoms with Gasteiger partial charge in [-0.15, -0.1) is 35.7 Å². The molecular formula is C20H29IN4O2S2. The lowest BCUT2D eigenvalue weighted by Gasteiger charge is -2.16. The van der Waals surface area contributed by atoms with Gasteiger partial charge in [-0.25, -0.2) is 12.7 Å². The van der Waals surface area contributed by atoms with E-state index >= 15 is 0 Å². The van der Waals surface area contributed by atoms with Crippen LogP contribution in [-0.4, -0.2) is 51.6 Å². The van der Waals surface area contributed by atoms with Gasteiger partial charge in [-0.3, -0.25) is 4.99 Å². The topological polar surface area (TPSA) is 73.8 Å². The van der Waals surface area contributed by atoms with E-state index in [1.807, 2.05) is 42.1 Å². The summed E-state index contributed by atoms with van der Waals surface area (Å²) in [6.45, 7) is 3.50. The van der Waals surface area contributed by atoms with Crippen LogP contribution in [0.2, 0.25) is 0 Å². The highest BCUT2D eigenvalue weighted by Crippen LogP contribution is 2.21. The first-order valence-electron chi connectivity index (χ1n) is 9.00. The van der Waals surface area contributed by atoms with E-state index < -0.39 is 10.0 Å². The van der Waals surface area contributed by atoms with Crippen LogP contribution in [0, 0.1) is 0 Å². The fourth-order valence-corrected chi connectivity index (χ4v) is 4.26. The lowest BCUT2D eigenvalue weighted by atomic mass is 10.2. The highest BCUT2D eigenvalue weighted by Gasteiger charge is 2.16. The smallest absolute Gasteiger partial charge is 0.242 e. The van der Waals surface area contributed by atoms with Gasteiger partial charge in [-0.1, -0.05) is 37.3 Å². The van der Waals surface area contributed by atoms with Crippen LogP contribution < -0.4 is 10.6 Å². The lowest BCUT2D eigenvalue weighted by molar-refractivity contribution is 0.520. The third-order valence-electron chi connectivity index (χ3n) is 4.02. The van der Waals surface area contributed by atoms with E-state index in [9.17, 15) is 8.42 Å². The number of nitrogens with one attached hydrogen (secondary N) is 2. The zero-order valence-electron chi connectivity index (χ0n) is 17.1. The molecule has 0 saturated carbocycles. The molecule has 0 aliphatic carbocycles. The Kier molecular flexibility index (Phi) is 11.0. The molecule has 29 heavy (non-hydrogen) atoms. The van der Waals surface area contributed by atoms with Crippen LogP contribution in [0.3, 0.4) is 0 Å². The number of hydrogen-bond donors (Lipinski definition) is 2. The Morgan fingerprint density at radius 2 is 1.69 bits per heavy atom. The molecule has 6 nitrogen and oxygen atoms in total. The number of guanidine groups is 1. The molecule has 2 aromatic carbocycles. The van der Waals surface area contributed by atoms with Crippen molar-refractivity contribution < 1.29 is 8.42 Å². The molecule has 2 N–H and O–H groups in total. The van der Waals surface area contributed by atoms with E-state index in [1.165, 1.54) is 23.3 Å². The summed E-state index contributed by atoms with van der Waals surface area (Å²) in [5.41, 5.74) is 0.979. The molecule has 0 amide bonds. The molecule has 0 aliphatic heterocycles. The summed E-state index contributed by atoms with van der Waals surface area (Å²) >= 11 is 1.81. The number of halogens is 1. The number of benzene rings is 2. The summed E-state index contributed by atoms with van der Waals surface area (Å²) in [5, 5.41) is 6.97. The number of aliphatic imine (C=N–C) groups is 1. The molecule has 0 heterocycles.